The Hall–Kier alpha value is -2.20. The van der Waals surface area contributed by atoms with E-state index in [0.29, 0.717) is 5.69 Å². The molecule has 0 radical (unpaired) electrons. The second kappa shape index (κ2) is 8.05. The molecule has 2 unspecified atom stereocenters. The van der Waals surface area contributed by atoms with E-state index in [1.165, 1.54) is 22.5 Å². The van der Waals surface area contributed by atoms with Crippen molar-refractivity contribution in [3.8, 4) is 0 Å². The number of carbonyl (C=O) groups is 1. The molecule has 2 atom stereocenters. The van der Waals surface area contributed by atoms with E-state index in [0.717, 1.165) is 5.56 Å². The summed E-state index contributed by atoms with van der Waals surface area (Å²) in [6.07, 6.45) is 1.97. The molecule has 1 N–H and O–H groups in total. The van der Waals surface area contributed by atoms with Crippen LogP contribution >= 0.6 is 23.2 Å². The maximum absolute atomic E-state index is 13.4. The first-order chi connectivity index (χ1) is 14.6. The van der Waals surface area contributed by atoms with Gasteiger partial charge >= 0.3 is 5.97 Å². The van der Waals surface area contributed by atoms with E-state index in [1.54, 1.807) is 12.3 Å². The van der Waals surface area contributed by atoms with E-state index >= 15 is 0 Å². The first-order valence-electron chi connectivity index (χ1n) is 9.49. The van der Waals surface area contributed by atoms with Crippen molar-refractivity contribution in [2.24, 2.45) is 5.16 Å². The minimum absolute atomic E-state index is 0.0557. The summed E-state index contributed by atoms with van der Waals surface area (Å²) in [7, 11) is -3.96. The molecule has 2 aliphatic rings. The number of aliphatic carboxylic acids is 1. The van der Waals surface area contributed by atoms with Gasteiger partial charge in [-0.3, -0.25) is 4.98 Å². The standard InChI is InChI=1S/C20H19Cl2N3O5S/c1-12-14(3-2-7-23-12)15-11-25(8-6-20(15)10-17(19(26)27)24-30-20)31(28,29)18-9-13(21)4-5-16(18)22/h2-5,7,9,15H,6,8,10-11H2,1H3,(H,26,27). The summed E-state index contributed by atoms with van der Waals surface area (Å²) in [6.45, 7) is 1.99. The molecule has 0 amide bonds. The third-order valence-corrected chi connectivity index (χ3v) is 8.37. The van der Waals surface area contributed by atoms with Crippen LogP contribution in [0, 0.1) is 6.92 Å². The second-order valence-electron chi connectivity index (χ2n) is 7.59. The topological polar surface area (TPSA) is 109 Å². The summed E-state index contributed by atoms with van der Waals surface area (Å²) in [6, 6.07) is 7.89. The van der Waals surface area contributed by atoms with Gasteiger partial charge in [0, 0.05) is 48.8 Å². The monoisotopic (exact) mass is 483 g/mol. The Kier molecular flexibility index (Phi) is 5.72. The first kappa shape index (κ1) is 22.0. The van der Waals surface area contributed by atoms with Gasteiger partial charge in [0.25, 0.3) is 0 Å². The van der Waals surface area contributed by atoms with Crippen molar-refractivity contribution in [1.82, 2.24) is 9.29 Å². The van der Waals surface area contributed by atoms with Crippen molar-refractivity contribution in [1.29, 1.82) is 0 Å². The highest BCUT2D eigenvalue weighted by Gasteiger charge is 2.53. The second-order valence-corrected chi connectivity index (χ2v) is 10.3. The highest BCUT2D eigenvalue weighted by atomic mass is 35.5. The molecule has 4 rings (SSSR count). The number of oxime groups is 1. The summed E-state index contributed by atoms with van der Waals surface area (Å²) in [5.74, 6) is -1.64. The van der Waals surface area contributed by atoms with Crippen molar-refractivity contribution >= 4 is 44.9 Å². The summed E-state index contributed by atoms with van der Waals surface area (Å²) in [5, 5.41) is 13.5. The van der Waals surface area contributed by atoms with Crippen LogP contribution in [0.15, 0.2) is 46.6 Å². The number of hydrogen-bond donors (Lipinski definition) is 1. The summed E-state index contributed by atoms with van der Waals surface area (Å²) < 4.78 is 28.1. The van der Waals surface area contributed by atoms with E-state index in [1.807, 2.05) is 13.0 Å². The molecular formula is C20H19Cl2N3O5S. The van der Waals surface area contributed by atoms with Gasteiger partial charge in [0.2, 0.25) is 10.0 Å². The Labute approximate surface area is 189 Å². The molecule has 0 bridgehead atoms. The van der Waals surface area contributed by atoms with E-state index in [9.17, 15) is 18.3 Å². The van der Waals surface area contributed by atoms with Crippen molar-refractivity contribution in [3.05, 3.63) is 57.8 Å². The highest BCUT2D eigenvalue weighted by Crippen LogP contribution is 2.46. The largest absolute Gasteiger partial charge is 0.477 e. The molecule has 31 heavy (non-hydrogen) atoms. The number of aromatic nitrogens is 1. The van der Waals surface area contributed by atoms with Crippen LogP contribution < -0.4 is 0 Å². The molecule has 0 aliphatic carbocycles. The molecule has 1 aromatic heterocycles. The zero-order valence-electron chi connectivity index (χ0n) is 16.5. The molecule has 0 saturated carbocycles. The summed E-state index contributed by atoms with van der Waals surface area (Å²) in [4.78, 5) is 21.4. The molecule has 1 fully saturated rings. The van der Waals surface area contributed by atoms with Gasteiger partial charge in [-0.2, -0.15) is 4.31 Å². The lowest BCUT2D eigenvalue weighted by atomic mass is 9.74. The third-order valence-electron chi connectivity index (χ3n) is 5.79. The molecule has 1 spiro atoms. The number of rotatable bonds is 4. The maximum atomic E-state index is 13.4. The predicted octanol–water partition coefficient (Wildman–Crippen LogP) is 3.47. The van der Waals surface area contributed by atoms with Crippen molar-refractivity contribution in [3.63, 3.8) is 0 Å². The van der Waals surface area contributed by atoms with E-state index in [-0.39, 0.29) is 46.6 Å². The van der Waals surface area contributed by atoms with Gasteiger partial charge in [-0.15, -0.1) is 0 Å². The van der Waals surface area contributed by atoms with Crippen LogP contribution in [0.3, 0.4) is 0 Å². The maximum Gasteiger partial charge on any atom is 0.353 e. The first-order valence-corrected chi connectivity index (χ1v) is 11.7. The fourth-order valence-corrected chi connectivity index (χ4v) is 6.35. The van der Waals surface area contributed by atoms with E-state index in [2.05, 4.69) is 10.1 Å². The van der Waals surface area contributed by atoms with Crippen LogP contribution in [0.2, 0.25) is 10.0 Å². The number of halogens is 2. The van der Waals surface area contributed by atoms with Gasteiger partial charge < -0.3 is 9.94 Å². The van der Waals surface area contributed by atoms with E-state index in [4.69, 9.17) is 28.0 Å². The molecule has 1 saturated heterocycles. The molecular weight excluding hydrogens is 465 g/mol. The average molecular weight is 484 g/mol. The SMILES string of the molecule is Cc1ncccc1C1CN(S(=O)(=O)c2cc(Cl)ccc2Cl)CCC12CC(C(=O)O)=NO2. The quantitative estimate of drug-likeness (QED) is 0.712. The minimum atomic E-state index is -3.96. The Morgan fingerprint density at radius 1 is 1.32 bits per heavy atom. The number of carboxylic acids is 1. The Bertz CT molecular complexity index is 1190. The normalized spacial score (nSPS) is 24.1. The molecule has 11 heteroatoms. The molecule has 2 aliphatic heterocycles. The fraction of sp³-hybridized carbons (Fsp3) is 0.350. The smallest absolute Gasteiger partial charge is 0.353 e. The molecule has 3 heterocycles. The van der Waals surface area contributed by atoms with Gasteiger partial charge in [0.15, 0.2) is 11.3 Å². The fourth-order valence-electron chi connectivity index (χ4n) is 4.16. The summed E-state index contributed by atoms with van der Waals surface area (Å²) >= 11 is 12.2. The predicted molar refractivity (Wildman–Crippen MR) is 115 cm³/mol. The number of aryl methyl sites for hydroxylation is 1. The number of hydrogen-bond acceptors (Lipinski definition) is 6. The lowest BCUT2D eigenvalue weighted by molar-refractivity contribution is -0.129. The van der Waals surface area contributed by atoms with Crippen molar-refractivity contribution in [2.45, 2.75) is 36.2 Å². The van der Waals surface area contributed by atoms with Gasteiger partial charge in [0.05, 0.1) is 5.02 Å². The van der Waals surface area contributed by atoms with Crippen LogP contribution in [0.4, 0.5) is 0 Å². The van der Waals surface area contributed by atoms with Gasteiger partial charge in [-0.1, -0.05) is 34.4 Å². The third kappa shape index (κ3) is 3.91. The van der Waals surface area contributed by atoms with Crippen molar-refractivity contribution in [2.75, 3.05) is 13.1 Å². The van der Waals surface area contributed by atoms with Gasteiger partial charge in [-0.25, -0.2) is 13.2 Å². The number of nitrogens with zero attached hydrogens (tertiary/aromatic N) is 3. The molecule has 2 aromatic rings. The number of carboxylic acid groups (broad SMARTS) is 1. The van der Waals surface area contributed by atoms with Crippen LogP contribution in [-0.4, -0.2) is 53.2 Å². The van der Waals surface area contributed by atoms with Crippen LogP contribution in [-0.2, 0) is 19.7 Å². The molecule has 1 aromatic carbocycles. The lowest BCUT2D eigenvalue weighted by Gasteiger charge is -2.43. The number of benzene rings is 1. The zero-order chi connectivity index (χ0) is 22.4. The minimum Gasteiger partial charge on any atom is -0.477 e. The lowest BCUT2D eigenvalue weighted by Crippen LogP contribution is -2.52. The average Bonchev–Trinajstić information content (AvgIpc) is 3.15. The Morgan fingerprint density at radius 2 is 2.10 bits per heavy atom. The summed E-state index contributed by atoms with van der Waals surface area (Å²) in [5.41, 5.74) is 0.438. The Balaban J connectivity index is 1.74. The highest BCUT2D eigenvalue weighted by molar-refractivity contribution is 7.89. The van der Waals surface area contributed by atoms with Crippen LogP contribution in [0.5, 0.6) is 0 Å². The molecule has 164 valence electrons. The van der Waals surface area contributed by atoms with Crippen LogP contribution in [0.1, 0.15) is 30.0 Å². The number of piperidine rings is 1. The molecule has 8 nitrogen and oxygen atoms in total. The zero-order valence-corrected chi connectivity index (χ0v) is 18.8. The van der Waals surface area contributed by atoms with Crippen LogP contribution in [0.25, 0.3) is 0 Å². The Morgan fingerprint density at radius 3 is 2.77 bits per heavy atom. The van der Waals surface area contributed by atoms with Gasteiger partial charge in [0.1, 0.15) is 4.90 Å². The van der Waals surface area contributed by atoms with E-state index < -0.39 is 27.5 Å². The number of sulfonamides is 1. The van der Waals surface area contributed by atoms with Gasteiger partial charge in [-0.05, 0) is 36.8 Å². The van der Waals surface area contributed by atoms with Crippen molar-refractivity contribution < 1.29 is 23.2 Å². The number of pyridine rings is 1.